The van der Waals surface area contributed by atoms with E-state index in [-0.39, 0.29) is 11.7 Å². The van der Waals surface area contributed by atoms with E-state index in [0.717, 1.165) is 38.2 Å². The van der Waals surface area contributed by atoms with Crippen molar-refractivity contribution in [1.29, 1.82) is 0 Å². The first-order chi connectivity index (χ1) is 9.87. The van der Waals surface area contributed by atoms with E-state index in [0.29, 0.717) is 5.92 Å². The van der Waals surface area contributed by atoms with Crippen LogP contribution in [0.15, 0.2) is 24.3 Å². The molecular weight excluding hydrogens is 262 g/mol. The monoisotopic (exact) mass is 291 g/mol. The van der Waals surface area contributed by atoms with Gasteiger partial charge in [0.05, 0.1) is 6.10 Å². The molecule has 2 rings (SSSR count). The van der Waals surface area contributed by atoms with Gasteiger partial charge in [-0.3, -0.25) is 0 Å². The molecule has 21 heavy (non-hydrogen) atoms. The molecule has 3 heteroatoms. The number of ether oxygens (including phenoxy) is 1. The van der Waals surface area contributed by atoms with E-state index in [2.05, 4.69) is 44.7 Å². The largest absolute Gasteiger partial charge is 0.488 e. The van der Waals surface area contributed by atoms with Crippen molar-refractivity contribution in [2.45, 2.75) is 52.2 Å². The van der Waals surface area contributed by atoms with Gasteiger partial charge in [0.1, 0.15) is 11.4 Å². The second-order valence-corrected chi connectivity index (χ2v) is 7.07. The summed E-state index contributed by atoms with van der Waals surface area (Å²) in [5.74, 6) is 1.25. The summed E-state index contributed by atoms with van der Waals surface area (Å²) in [7, 11) is 0. The summed E-state index contributed by atoms with van der Waals surface area (Å²) in [5.41, 5.74) is 1.11. The van der Waals surface area contributed by atoms with Crippen molar-refractivity contribution in [3.8, 4) is 5.75 Å². The quantitative estimate of drug-likeness (QED) is 0.925. The zero-order valence-corrected chi connectivity index (χ0v) is 13.8. The van der Waals surface area contributed by atoms with E-state index in [4.69, 9.17) is 4.74 Å². The Balaban J connectivity index is 1.96. The SMILES string of the molecule is CCN1CCC(O)C(Cc2ccc(OC(C)(C)C)cc2)C1. The van der Waals surface area contributed by atoms with E-state index in [1.807, 2.05) is 12.1 Å². The maximum Gasteiger partial charge on any atom is 0.120 e. The molecule has 0 aliphatic carbocycles. The van der Waals surface area contributed by atoms with Crippen molar-refractivity contribution >= 4 is 0 Å². The van der Waals surface area contributed by atoms with Crippen LogP contribution >= 0.6 is 0 Å². The molecule has 1 fully saturated rings. The molecule has 1 heterocycles. The molecule has 0 bridgehead atoms. The fourth-order valence-electron chi connectivity index (χ4n) is 2.93. The summed E-state index contributed by atoms with van der Waals surface area (Å²) in [6.45, 7) is 11.4. The van der Waals surface area contributed by atoms with E-state index in [1.165, 1.54) is 5.56 Å². The van der Waals surface area contributed by atoms with Crippen molar-refractivity contribution in [2.24, 2.45) is 5.92 Å². The van der Waals surface area contributed by atoms with E-state index in [9.17, 15) is 5.11 Å². The van der Waals surface area contributed by atoms with Crippen LogP contribution in [0.1, 0.15) is 39.7 Å². The highest BCUT2D eigenvalue weighted by atomic mass is 16.5. The average molecular weight is 291 g/mol. The zero-order chi connectivity index (χ0) is 15.5. The minimum Gasteiger partial charge on any atom is -0.488 e. The Hall–Kier alpha value is -1.06. The highest BCUT2D eigenvalue weighted by Gasteiger charge is 2.27. The Labute approximate surface area is 128 Å². The molecule has 1 aromatic rings. The molecule has 2 atom stereocenters. The second kappa shape index (κ2) is 6.80. The Morgan fingerprint density at radius 1 is 1.24 bits per heavy atom. The molecule has 0 aromatic heterocycles. The molecule has 1 aliphatic rings. The molecule has 118 valence electrons. The molecule has 0 amide bonds. The molecule has 0 spiro atoms. The van der Waals surface area contributed by atoms with Gasteiger partial charge in [0.15, 0.2) is 0 Å². The van der Waals surface area contributed by atoms with Crippen LogP contribution in [0.4, 0.5) is 0 Å². The lowest BCUT2D eigenvalue weighted by atomic mass is 9.89. The van der Waals surface area contributed by atoms with Crippen LogP contribution in [0, 0.1) is 5.92 Å². The first-order valence-electron chi connectivity index (χ1n) is 8.06. The minimum absolute atomic E-state index is 0.164. The summed E-state index contributed by atoms with van der Waals surface area (Å²) in [4.78, 5) is 2.43. The van der Waals surface area contributed by atoms with Gasteiger partial charge in [-0.25, -0.2) is 0 Å². The summed E-state index contributed by atoms with van der Waals surface area (Å²) < 4.78 is 5.84. The molecule has 1 aromatic carbocycles. The van der Waals surface area contributed by atoms with Crippen LogP contribution < -0.4 is 4.74 Å². The van der Waals surface area contributed by atoms with Gasteiger partial charge in [0.2, 0.25) is 0 Å². The van der Waals surface area contributed by atoms with E-state index < -0.39 is 0 Å². The van der Waals surface area contributed by atoms with Crippen molar-refractivity contribution in [1.82, 2.24) is 4.90 Å². The number of nitrogens with zero attached hydrogens (tertiary/aromatic N) is 1. The highest BCUT2D eigenvalue weighted by molar-refractivity contribution is 5.28. The van der Waals surface area contributed by atoms with Crippen LogP contribution in [0.5, 0.6) is 5.75 Å². The number of hydrogen-bond donors (Lipinski definition) is 1. The first-order valence-corrected chi connectivity index (χ1v) is 8.06. The van der Waals surface area contributed by atoms with Gasteiger partial charge >= 0.3 is 0 Å². The molecule has 1 N–H and O–H groups in total. The fourth-order valence-corrected chi connectivity index (χ4v) is 2.93. The smallest absolute Gasteiger partial charge is 0.120 e. The Morgan fingerprint density at radius 3 is 2.48 bits per heavy atom. The molecule has 1 aliphatic heterocycles. The number of likely N-dealkylation sites (tertiary alicyclic amines) is 1. The lowest BCUT2D eigenvalue weighted by Gasteiger charge is -2.35. The third-order valence-corrected chi connectivity index (χ3v) is 4.07. The van der Waals surface area contributed by atoms with E-state index in [1.54, 1.807) is 0 Å². The topological polar surface area (TPSA) is 32.7 Å². The predicted molar refractivity (Wildman–Crippen MR) is 86.8 cm³/mol. The van der Waals surface area contributed by atoms with Crippen LogP contribution in [0.2, 0.25) is 0 Å². The Kier molecular flexibility index (Phi) is 5.28. The van der Waals surface area contributed by atoms with Gasteiger partial charge in [-0.05, 0) is 57.9 Å². The highest BCUT2D eigenvalue weighted by Crippen LogP contribution is 2.24. The lowest BCUT2D eigenvalue weighted by Crippen LogP contribution is -2.43. The maximum absolute atomic E-state index is 10.2. The summed E-state index contributed by atoms with van der Waals surface area (Å²) in [6.07, 6.45) is 1.66. The zero-order valence-electron chi connectivity index (χ0n) is 13.8. The third kappa shape index (κ3) is 5.01. The van der Waals surface area contributed by atoms with Crippen molar-refractivity contribution in [2.75, 3.05) is 19.6 Å². The Morgan fingerprint density at radius 2 is 1.90 bits per heavy atom. The summed E-state index contributed by atoms with van der Waals surface area (Å²) in [6, 6.07) is 8.32. The average Bonchev–Trinajstić information content (AvgIpc) is 2.42. The molecule has 2 unspecified atom stereocenters. The summed E-state index contributed by atoms with van der Waals surface area (Å²) in [5, 5.41) is 10.2. The molecule has 0 saturated carbocycles. The lowest BCUT2D eigenvalue weighted by molar-refractivity contribution is 0.0290. The van der Waals surface area contributed by atoms with Crippen LogP contribution in [0.25, 0.3) is 0 Å². The predicted octanol–water partition coefficient (Wildman–Crippen LogP) is 3.11. The van der Waals surface area contributed by atoms with Crippen LogP contribution in [0.3, 0.4) is 0 Å². The number of hydrogen-bond acceptors (Lipinski definition) is 3. The minimum atomic E-state index is -0.168. The number of aliphatic hydroxyl groups excluding tert-OH is 1. The van der Waals surface area contributed by atoms with Gasteiger partial charge in [-0.15, -0.1) is 0 Å². The standard InChI is InChI=1S/C18H29NO2/c1-5-19-11-10-17(20)15(13-19)12-14-6-8-16(9-7-14)21-18(2,3)4/h6-9,15,17,20H,5,10-13H2,1-4H3. The number of piperidine rings is 1. The molecule has 0 radical (unpaired) electrons. The van der Waals surface area contributed by atoms with Gasteiger partial charge in [-0.1, -0.05) is 19.1 Å². The summed E-state index contributed by atoms with van der Waals surface area (Å²) >= 11 is 0. The number of rotatable bonds is 4. The van der Waals surface area contributed by atoms with Gasteiger partial charge in [-0.2, -0.15) is 0 Å². The first kappa shape index (κ1) is 16.3. The molecule has 1 saturated heterocycles. The Bertz CT molecular complexity index is 436. The van der Waals surface area contributed by atoms with Crippen LogP contribution in [-0.4, -0.2) is 41.3 Å². The van der Waals surface area contributed by atoms with E-state index >= 15 is 0 Å². The third-order valence-electron chi connectivity index (χ3n) is 4.07. The van der Waals surface area contributed by atoms with Gasteiger partial charge < -0.3 is 14.7 Å². The molecular formula is C18H29NO2. The fraction of sp³-hybridized carbons (Fsp3) is 0.667. The van der Waals surface area contributed by atoms with Gasteiger partial charge in [0, 0.05) is 19.0 Å². The van der Waals surface area contributed by atoms with Crippen molar-refractivity contribution < 1.29 is 9.84 Å². The maximum atomic E-state index is 10.2. The number of benzene rings is 1. The number of aliphatic hydroxyl groups is 1. The van der Waals surface area contributed by atoms with Gasteiger partial charge in [0.25, 0.3) is 0 Å². The normalized spacial score (nSPS) is 24.0. The van der Waals surface area contributed by atoms with Crippen LogP contribution in [-0.2, 0) is 6.42 Å². The second-order valence-electron chi connectivity index (χ2n) is 7.07. The van der Waals surface area contributed by atoms with Crippen molar-refractivity contribution in [3.05, 3.63) is 29.8 Å². The molecule has 3 nitrogen and oxygen atoms in total. The van der Waals surface area contributed by atoms with Crippen molar-refractivity contribution in [3.63, 3.8) is 0 Å².